The van der Waals surface area contributed by atoms with Gasteiger partial charge in [-0.3, -0.25) is 9.79 Å². The number of rotatable bonds is 7. The largest absolute Gasteiger partial charge is 0.356 e. The zero-order chi connectivity index (χ0) is 19.1. The van der Waals surface area contributed by atoms with Gasteiger partial charge in [-0.15, -0.1) is 0 Å². The van der Waals surface area contributed by atoms with Crippen molar-refractivity contribution in [3.05, 3.63) is 71.3 Å². The number of nitrogens with one attached hydrogen (secondary N) is 3. The number of nitrogens with zero attached hydrogens (tertiary/aromatic N) is 1. The second-order valence-corrected chi connectivity index (χ2v) is 6.98. The van der Waals surface area contributed by atoms with Crippen molar-refractivity contribution < 1.29 is 4.79 Å². The van der Waals surface area contributed by atoms with Gasteiger partial charge in [0.1, 0.15) is 0 Å². The Bertz CT molecular complexity index is 780. The predicted octanol–water partition coefficient (Wildman–Crippen LogP) is 2.83. The second-order valence-electron chi connectivity index (χ2n) is 6.98. The van der Waals surface area contributed by atoms with Crippen LogP contribution >= 0.6 is 0 Å². The fourth-order valence-corrected chi connectivity index (χ4v) is 3.21. The van der Waals surface area contributed by atoms with E-state index in [-0.39, 0.29) is 11.3 Å². The van der Waals surface area contributed by atoms with Crippen molar-refractivity contribution in [2.75, 3.05) is 20.1 Å². The van der Waals surface area contributed by atoms with Crippen molar-refractivity contribution in [2.45, 2.75) is 31.7 Å². The summed E-state index contributed by atoms with van der Waals surface area (Å²) in [5, 5.41) is 9.62. The Balaban J connectivity index is 1.50. The van der Waals surface area contributed by atoms with E-state index in [9.17, 15) is 4.79 Å². The van der Waals surface area contributed by atoms with Gasteiger partial charge < -0.3 is 16.0 Å². The molecule has 142 valence electrons. The molecule has 1 aliphatic carbocycles. The quantitative estimate of drug-likeness (QED) is 0.523. The van der Waals surface area contributed by atoms with Crippen LogP contribution in [0, 0.1) is 0 Å². The fourth-order valence-electron chi connectivity index (χ4n) is 3.21. The highest BCUT2D eigenvalue weighted by atomic mass is 16.1. The average Bonchev–Trinajstić information content (AvgIpc) is 3.50. The summed E-state index contributed by atoms with van der Waals surface area (Å²) in [7, 11) is 1.79. The molecule has 5 nitrogen and oxygen atoms in total. The van der Waals surface area contributed by atoms with Crippen LogP contribution in [-0.4, -0.2) is 32.0 Å². The van der Waals surface area contributed by atoms with Crippen LogP contribution in [0.15, 0.2) is 59.6 Å². The maximum absolute atomic E-state index is 11.8. The van der Waals surface area contributed by atoms with Gasteiger partial charge in [-0.1, -0.05) is 42.5 Å². The summed E-state index contributed by atoms with van der Waals surface area (Å²) in [4.78, 5) is 16.1. The molecule has 1 amide bonds. The summed E-state index contributed by atoms with van der Waals surface area (Å²) >= 11 is 0. The number of amides is 1. The van der Waals surface area contributed by atoms with Gasteiger partial charge in [0.25, 0.3) is 5.91 Å². The molecule has 0 atom stereocenters. The number of carbonyl (C=O) groups excluding carboxylic acids is 1. The second kappa shape index (κ2) is 8.71. The van der Waals surface area contributed by atoms with Gasteiger partial charge >= 0.3 is 0 Å². The summed E-state index contributed by atoms with van der Waals surface area (Å²) in [6.45, 7) is 4.09. The summed E-state index contributed by atoms with van der Waals surface area (Å²) in [6.07, 6.45) is 2.42. The third-order valence-electron chi connectivity index (χ3n) is 5.07. The third kappa shape index (κ3) is 4.88. The predicted molar refractivity (Wildman–Crippen MR) is 110 cm³/mol. The first-order valence-corrected chi connectivity index (χ1v) is 9.54. The van der Waals surface area contributed by atoms with E-state index in [1.807, 2.05) is 31.2 Å². The molecular weight excluding hydrogens is 336 g/mol. The molecular formula is C22H28N4O. The molecule has 0 aromatic heterocycles. The fraction of sp³-hybridized carbons (Fsp3) is 0.364. The zero-order valence-electron chi connectivity index (χ0n) is 16.1. The Morgan fingerprint density at radius 1 is 1.00 bits per heavy atom. The highest BCUT2D eigenvalue weighted by Crippen LogP contribution is 2.47. The molecule has 2 aromatic rings. The number of benzene rings is 2. The maximum atomic E-state index is 11.8. The lowest BCUT2D eigenvalue weighted by atomic mass is 9.96. The van der Waals surface area contributed by atoms with Crippen LogP contribution in [0.1, 0.15) is 41.3 Å². The molecule has 3 N–H and O–H groups in total. The minimum Gasteiger partial charge on any atom is -0.356 e. The highest BCUT2D eigenvalue weighted by Gasteiger charge is 2.43. The van der Waals surface area contributed by atoms with E-state index >= 15 is 0 Å². The van der Waals surface area contributed by atoms with E-state index in [0.717, 1.165) is 18.1 Å². The van der Waals surface area contributed by atoms with Crippen molar-refractivity contribution in [3.63, 3.8) is 0 Å². The van der Waals surface area contributed by atoms with Crippen LogP contribution in [0.4, 0.5) is 0 Å². The highest BCUT2D eigenvalue weighted by molar-refractivity contribution is 5.94. The number of carbonyl (C=O) groups is 1. The molecule has 0 bridgehead atoms. The Labute approximate surface area is 161 Å². The van der Waals surface area contributed by atoms with E-state index in [2.05, 4.69) is 51.3 Å². The maximum Gasteiger partial charge on any atom is 0.251 e. The summed E-state index contributed by atoms with van der Waals surface area (Å²) in [5.74, 6) is 0.759. The molecule has 3 rings (SSSR count). The molecule has 0 radical (unpaired) electrons. The first-order valence-electron chi connectivity index (χ1n) is 9.54. The normalized spacial score (nSPS) is 15.1. The third-order valence-corrected chi connectivity index (χ3v) is 5.07. The summed E-state index contributed by atoms with van der Waals surface area (Å²) < 4.78 is 0. The molecule has 27 heavy (non-hydrogen) atoms. The lowest BCUT2D eigenvalue weighted by molar-refractivity contribution is 0.0956. The van der Waals surface area contributed by atoms with E-state index in [0.29, 0.717) is 18.7 Å². The average molecular weight is 364 g/mol. The Hall–Kier alpha value is -2.82. The number of hydrogen-bond acceptors (Lipinski definition) is 2. The number of aliphatic imine (C=N–C) groups is 1. The first-order chi connectivity index (χ1) is 13.2. The van der Waals surface area contributed by atoms with Crippen LogP contribution in [0.2, 0.25) is 0 Å². The monoisotopic (exact) mass is 364 g/mol. The van der Waals surface area contributed by atoms with Crippen molar-refractivity contribution in [2.24, 2.45) is 4.99 Å². The smallest absolute Gasteiger partial charge is 0.251 e. The van der Waals surface area contributed by atoms with Crippen LogP contribution < -0.4 is 16.0 Å². The minimum absolute atomic E-state index is 0.0369. The van der Waals surface area contributed by atoms with Gasteiger partial charge in [-0.05, 0) is 43.0 Å². The SMILES string of the molecule is CCNC(=O)c1ccc(CNC(=NC)NCC2(c3ccccc3)CC2)cc1. The van der Waals surface area contributed by atoms with Gasteiger partial charge in [0, 0.05) is 37.7 Å². The molecule has 0 unspecified atom stereocenters. The molecule has 1 saturated carbocycles. The van der Waals surface area contributed by atoms with E-state index in [1.54, 1.807) is 7.05 Å². The van der Waals surface area contributed by atoms with Crippen LogP contribution in [0.5, 0.6) is 0 Å². The molecule has 1 aliphatic rings. The molecule has 0 heterocycles. The van der Waals surface area contributed by atoms with Crippen molar-refractivity contribution in [3.8, 4) is 0 Å². The molecule has 1 fully saturated rings. The van der Waals surface area contributed by atoms with Crippen LogP contribution in [-0.2, 0) is 12.0 Å². The van der Waals surface area contributed by atoms with Crippen molar-refractivity contribution in [1.29, 1.82) is 0 Å². The van der Waals surface area contributed by atoms with Crippen LogP contribution in [0.25, 0.3) is 0 Å². The lowest BCUT2D eigenvalue weighted by Crippen LogP contribution is -2.40. The minimum atomic E-state index is -0.0369. The zero-order valence-corrected chi connectivity index (χ0v) is 16.1. The standard InChI is InChI=1S/C22H28N4O/c1-3-24-20(27)18-11-9-17(10-12-18)15-25-21(23-2)26-16-22(13-14-22)19-7-5-4-6-8-19/h4-12H,3,13-16H2,1-2H3,(H,24,27)(H2,23,25,26). The van der Waals surface area contributed by atoms with E-state index < -0.39 is 0 Å². The van der Waals surface area contributed by atoms with Gasteiger partial charge in [0.15, 0.2) is 5.96 Å². The lowest BCUT2D eigenvalue weighted by Gasteiger charge is -2.19. The van der Waals surface area contributed by atoms with Gasteiger partial charge in [-0.2, -0.15) is 0 Å². The number of guanidine groups is 1. The van der Waals surface area contributed by atoms with Gasteiger partial charge in [0.2, 0.25) is 0 Å². The Kier molecular flexibility index (Phi) is 6.12. The van der Waals surface area contributed by atoms with Crippen molar-refractivity contribution in [1.82, 2.24) is 16.0 Å². The summed E-state index contributed by atoms with van der Waals surface area (Å²) in [5.41, 5.74) is 3.43. The molecule has 5 heteroatoms. The van der Waals surface area contributed by atoms with E-state index in [1.165, 1.54) is 18.4 Å². The van der Waals surface area contributed by atoms with Gasteiger partial charge in [-0.25, -0.2) is 0 Å². The molecule has 2 aromatic carbocycles. The van der Waals surface area contributed by atoms with Crippen LogP contribution in [0.3, 0.4) is 0 Å². The topological polar surface area (TPSA) is 65.5 Å². The summed E-state index contributed by atoms with van der Waals surface area (Å²) in [6, 6.07) is 18.3. The van der Waals surface area contributed by atoms with E-state index in [4.69, 9.17) is 0 Å². The van der Waals surface area contributed by atoms with Gasteiger partial charge in [0.05, 0.1) is 0 Å². The molecule has 0 aliphatic heterocycles. The number of hydrogen-bond donors (Lipinski definition) is 3. The van der Waals surface area contributed by atoms with Crippen molar-refractivity contribution >= 4 is 11.9 Å². The molecule has 0 saturated heterocycles. The Morgan fingerprint density at radius 2 is 1.70 bits per heavy atom. The first kappa shape index (κ1) is 19.0. The Morgan fingerprint density at radius 3 is 2.30 bits per heavy atom. The molecule has 0 spiro atoms.